The molecule has 2 aromatic carbocycles. The van der Waals surface area contributed by atoms with Crippen LogP contribution in [0.25, 0.3) is 0 Å². The van der Waals surface area contributed by atoms with E-state index < -0.39 is 23.2 Å². The number of phenolic OH excluding ortho intramolecular Hbond substituents is 1. The molecule has 3 aliphatic carbocycles. The van der Waals surface area contributed by atoms with Gasteiger partial charge in [-0.15, -0.1) is 0 Å². The van der Waals surface area contributed by atoms with Crippen molar-refractivity contribution in [2.24, 2.45) is 5.92 Å². The third kappa shape index (κ3) is 2.46. The number of ether oxygens (including phenoxy) is 1. The van der Waals surface area contributed by atoms with Gasteiger partial charge in [0, 0.05) is 23.7 Å². The Morgan fingerprint density at radius 1 is 1.03 bits per heavy atom. The number of aliphatic hydroxyl groups is 1. The van der Waals surface area contributed by atoms with E-state index in [4.69, 9.17) is 4.74 Å². The number of phenols is 1. The van der Waals surface area contributed by atoms with Crippen LogP contribution in [0.1, 0.15) is 59.2 Å². The van der Waals surface area contributed by atoms with Gasteiger partial charge in [-0.1, -0.05) is 24.3 Å². The van der Waals surface area contributed by atoms with Gasteiger partial charge in [0.2, 0.25) is 5.91 Å². The second-order valence-electron chi connectivity index (χ2n) is 11.8. The Balaban J connectivity index is 1.27. The van der Waals surface area contributed by atoms with Crippen molar-refractivity contribution in [2.75, 3.05) is 13.1 Å². The van der Waals surface area contributed by atoms with Gasteiger partial charge in [-0.3, -0.25) is 19.4 Å². The molecule has 0 radical (unpaired) electrons. The number of imide groups is 1. The van der Waals surface area contributed by atoms with Crippen LogP contribution in [0.4, 0.5) is 0 Å². The van der Waals surface area contributed by atoms with Gasteiger partial charge in [-0.2, -0.15) is 0 Å². The molecule has 2 bridgehead atoms. The second kappa shape index (κ2) is 6.90. The van der Waals surface area contributed by atoms with Crippen molar-refractivity contribution in [3.05, 3.63) is 58.7 Å². The average molecular weight is 487 g/mol. The molecule has 1 saturated heterocycles. The maximum Gasteiger partial charge on any atom is 0.261 e. The summed E-state index contributed by atoms with van der Waals surface area (Å²) in [5, 5.41) is 23.5. The molecule has 0 unspecified atom stereocenters. The smallest absolute Gasteiger partial charge is 0.261 e. The van der Waals surface area contributed by atoms with E-state index in [0.29, 0.717) is 30.6 Å². The maximum atomic E-state index is 13.7. The second-order valence-corrected chi connectivity index (χ2v) is 11.8. The molecule has 6 aliphatic rings. The topological polar surface area (TPSA) is 90.3 Å². The molecule has 2 amide bonds. The third-order valence-corrected chi connectivity index (χ3v) is 10.1. The molecule has 1 spiro atoms. The first kappa shape index (κ1) is 21.2. The van der Waals surface area contributed by atoms with Crippen molar-refractivity contribution in [1.82, 2.24) is 9.80 Å². The number of aromatic hydroxyl groups is 1. The van der Waals surface area contributed by atoms with Gasteiger partial charge >= 0.3 is 0 Å². The normalized spacial score (nSPS) is 36.4. The Kier molecular flexibility index (Phi) is 4.06. The Hall–Kier alpha value is -2.90. The summed E-state index contributed by atoms with van der Waals surface area (Å²) in [6.07, 6.45) is 4.52. The number of carbonyl (C=O) groups excluding carboxylic acids is 2. The number of rotatable bonds is 3. The molecule has 3 heterocycles. The third-order valence-electron chi connectivity index (χ3n) is 10.1. The monoisotopic (exact) mass is 486 g/mol. The number of benzene rings is 2. The summed E-state index contributed by atoms with van der Waals surface area (Å²) in [7, 11) is 0. The van der Waals surface area contributed by atoms with Crippen molar-refractivity contribution in [1.29, 1.82) is 0 Å². The molecule has 2 N–H and O–H groups in total. The number of amides is 2. The maximum absolute atomic E-state index is 13.7. The standard InChI is InChI=1S/C29H30N2O5/c32-21-8-7-18-13-22-29(35)10-9-20(31-23(33)14-17-3-1-2-4-19(17)27(31)34)26-28(29,24(18)25(21)36-26)11-12-30(22)15-16-5-6-16/h1-4,7-8,16,20,22,26,32,35H,5-6,9-15H2/t20-,22-,26+,28+,29-/m1/s1. The molecule has 7 heteroatoms. The van der Waals surface area contributed by atoms with Gasteiger partial charge in [0.25, 0.3) is 5.91 Å². The molecule has 2 aromatic rings. The van der Waals surface area contributed by atoms with Gasteiger partial charge in [0.1, 0.15) is 6.10 Å². The largest absolute Gasteiger partial charge is 0.504 e. The van der Waals surface area contributed by atoms with Crippen LogP contribution in [0.5, 0.6) is 11.5 Å². The van der Waals surface area contributed by atoms with Crippen LogP contribution in [-0.2, 0) is 23.1 Å². The van der Waals surface area contributed by atoms with E-state index in [-0.39, 0.29) is 30.0 Å². The summed E-state index contributed by atoms with van der Waals surface area (Å²) in [5.41, 5.74) is 1.57. The first-order valence-electron chi connectivity index (χ1n) is 13.3. The summed E-state index contributed by atoms with van der Waals surface area (Å²) in [6.45, 7) is 1.85. The van der Waals surface area contributed by atoms with Gasteiger partial charge in [-0.25, -0.2) is 0 Å². The average Bonchev–Trinajstić information content (AvgIpc) is 3.60. The van der Waals surface area contributed by atoms with E-state index in [9.17, 15) is 19.8 Å². The number of hydrogen-bond acceptors (Lipinski definition) is 6. The number of hydrogen-bond donors (Lipinski definition) is 2. The first-order valence-corrected chi connectivity index (χ1v) is 13.3. The van der Waals surface area contributed by atoms with E-state index in [1.54, 1.807) is 12.1 Å². The predicted octanol–water partition coefficient (Wildman–Crippen LogP) is 2.55. The van der Waals surface area contributed by atoms with E-state index in [1.165, 1.54) is 17.7 Å². The minimum Gasteiger partial charge on any atom is -0.504 e. The molecule has 8 rings (SSSR count). The lowest BCUT2D eigenvalue weighted by Gasteiger charge is -2.64. The van der Waals surface area contributed by atoms with E-state index >= 15 is 0 Å². The minimum absolute atomic E-state index is 0.0321. The van der Waals surface area contributed by atoms with E-state index in [0.717, 1.165) is 42.1 Å². The zero-order chi connectivity index (χ0) is 24.4. The molecule has 36 heavy (non-hydrogen) atoms. The Bertz CT molecular complexity index is 1340. The summed E-state index contributed by atoms with van der Waals surface area (Å²) >= 11 is 0. The highest BCUT2D eigenvalue weighted by Crippen LogP contribution is 2.66. The quantitative estimate of drug-likeness (QED) is 0.649. The highest BCUT2D eigenvalue weighted by atomic mass is 16.5. The van der Waals surface area contributed by atoms with Crippen LogP contribution >= 0.6 is 0 Å². The lowest BCUT2D eigenvalue weighted by molar-refractivity contribution is -0.199. The molecule has 3 aliphatic heterocycles. The first-order chi connectivity index (χ1) is 17.4. The van der Waals surface area contributed by atoms with Crippen molar-refractivity contribution < 1.29 is 24.5 Å². The highest BCUT2D eigenvalue weighted by molar-refractivity contribution is 6.10. The van der Waals surface area contributed by atoms with Crippen molar-refractivity contribution in [3.8, 4) is 11.5 Å². The highest BCUT2D eigenvalue weighted by Gasteiger charge is 2.74. The van der Waals surface area contributed by atoms with Crippen molar-refractivity contribution in [3.63, 3.8) is 0 Å². The molecule has 3 fully saturated rings. The van der Waals surface area contributed by atoms with Crippen LogP contribution in [0.15, 0.2) is 36.4 Å². The number of likely N-dealkylation sites (tertiary alicyclic amines) is 1. The zero-order valence-corrected chi connectivity index (χ0v) is 20.2. The molecule has 7 nitrogen and oxygen atoms in total. The Labute approximate surface area is 209 Å². The fourth-order valence-electron chi connectivity index (χ4n) is 8.43. The fourth-order valence-corrected chi connectivity index (χ4v) is 8.43. The molecule has 186 valence electrons. The minimum atomic E-state index is -1.03. The van der Waals surface area contributed by atoms with E-state index in [1.807, 2.05) is 24.3 Å². The number of nitrogens with zero attached hydrogens (tertiary/aromatic N) is 2. The lowest BCUT2D eigenvalue weighted by atomic mass is 9.48. The molecular weight excluding hydrogens is 456 g/mol. The van der Waals surface area contributed by atoms with Crippen LogP contribution in [0.2, 0.25) is 0 Å². The summed E-state index contributed by atoms with van der Waals surface area (Å²) < 4.78 is 6.58. The zero-order valence-electron chi connectivity index (χ0n) is 20.2. The Morgan fingerprint density at radius 3 is 2.69 bits per heavy atom. The van der Waals surface area contributed by atoms with Crippen LogP contribution < -0.4 is 4.74 Å². The van der Waals surface area contributed by atoms with Crippen molar-refractivity contribution in [2.45, 2.75) is 74.1 Å². The Morgan fingerprint density at radius 2 is 1.86 bits per heavy atom. The lowest BCUT2D eigenvalue weighted by Crippen LogP contribution is -2.78. The number of fused-ring (bicyclic) bond motifs is 1. The van der Waals surface area contributed by atoms with Crippen LogP contribution in [0, 0.1) is 5.92 Å². The van der Waals surface area contributed by atoms with Gasteiger partial charge in [0.05, 0.1) is 23.5 Å². The predicted molar refractivity (Wildman–Crippen MR) is 130 cm³/mol. The van der Waals surface area contributed by atoms with Gasteiger partial charge in [-0.05, 0) is 74.2 Å². The SMILES string of the molecule is O=C1Cc2ccccc2C(=O)N1[C@@H]1CC[C@@]2(O)[C@H]3Cc4ccc(O)c5c4[C@@]2(CCN3CC2CC2)[C@H]1O5. The van der Waals surface area contributed by atoms with Crippen LogP contribution in [-0.4, -0.2) is 68.7 Å². The summed E-state index contributed by atoms with van der Waals surface area (Å²) in [5.74, 6) is 0.729. The van der Waals surface area contributed by atoms with Gasteiger partial charge < -0.3 is 14.9 Å². The van der Waals surface area contributed by atoms with Crippen molar-refractivity contribution >= 4 is 11.8 Å². The number of carbonyl (C=O) groups is 2. The molecule has 0 aromatic heterocycles. The van der Waals surface area contributed by atoms with Crippen LogP contribution in [0.3, 0.4) is 0 Å². The summed E-state index contributed by atoms with van der Waals surface area (Å²) in [4.78, 5) is 31.0. The molecule has 2 saturated carbocycles. The molecule has 5 atom stereocenters. The van der Waals surface area contributed by atoms with Gasteiger partial charge in [0.15, 0.2) is 11.5 Å². The molecular formula is C29H30N2O5. The fraction of sp³-hybridized carbons (Fsp3) is 0.517. The van der Waals surface area contributed by atoms with E-state index in [2.05, 4.69) is 4.90 Å². The number of piperidine rings is 1. The summed E-state index contributed by atoms with van der Waals surface area (Å²) in [6, 6.07) is 10.5.